The number of aliphatic hydroxyl groups is 1. The van der Waals surface area contributed by atoms with E-state index in [1.165, 1.54) is 11.1 Å². The van der Waals surface area contributed by atoms with Gasteiger partial charge in [-0.1, -0.05) is 19.1 Å². The molecule has 0 aliphatic heterocycles. The zero-order valence-electron chi connectivity index (χ0n) is 10.5. The van der Waals surface area contributed by atoms with Crippen LogP contribution in [0.4, 0.5) is 0 Å². The summed E-state index contributed by atoms with van der Waals surface area (Å²) in [5.74, 6) is 1.45. The maximum absolute atomic E-state index is 9.69. The average Bonchev–Trinajstić information content (AvgIpc) is 2.81. The van der Waals surface area contributed by atoms with Crippen LogP contribution >= 0.6 is 0 Å². The van der Waals surface area contributed by atoms with Crippen LogP contribution in [-0.2, 0) is 0 Å². The van der Waals surface area contributed by atoms with Crippen molar-refractivity contribution in [1.29, 1.82) is 0 Å². The molecule has 0 aliphatic carbocycles. The molecule has 1 unspecified atom stereocenters. The third kappa shape index (κ3) is 2.42. The average molecular weight is 230 g/mol. The van der Waals surface area contributed by atoms with Crippen LogP contribution in [-0.4, -0.2) is 5.11 Å². The highest BCUT2D eigenvalue weighted by Crippen LogP contribution is 2.27. The van der Waals surface area contributed by atoms with Gasteiger partial charge in [0.1, 0.15) is 17.6 Å². The number of benzene rings is 1. The topological polar surface area (TPSA) is 33.4 Å². The molecule has 17 heavy (non-hydrogen) atoms. The Morgan fingerprint density at radius 2 is 1.88 bits per heavy atom. The Balaban J connectivity index is 2.33. The number of hydrogen-bond donors (Lipinski definition) is 1. The summed E-state index contributed by atoms with van der Waals surface area (Å²) in [5.41, 5.74) is 3.58. The predicted octanol–water partition coefficient (Wildman–Crippen LogP) is 4.01. The van der Waals surface area contributed by atoms with Gasteiger partial charge in [0.15, 0.2) is 0 Å². The Labute approximate surface area is 102 Å². The highest BCUT2D eigenvalue weighted by molar-refractivity contribution is 5.59. The fourth-order valence-corrected chi connectivity index (χ4v) is 1.78. The van der Waals surface area contributed by atoms with E-state index in [1.807, 2.05) is 25.1 Å². The van der Waals surface area contributed by atoms with Gasteiger partial charge in [-0.3, -0.25) is 0 Å². The Morgan fingerprint density at radius 3 is 2.53 bits per heavy atom. The second-order valence-electron chi connectivity index (χ2n) is 4.43. The van der Waals surface area contributed by atoms with Crippen molar-refractivity contribution in [2.24, 2.45) is 0 Å². The lowest BCUT2D eigenvalue weighted by Gasteiger charge is -2.04. The molecule has 2 aromatic rings. The molecule has 2 nitrogen and oxygen atoms in total. The van der Waals surface area contributed by atoms with Crippen molar-refractivity contribution in [3.05, 3.63) is 47.2 Å². The monoisotopic (exact) mass is 230 g/mol. The fourth-order valence-electron chi connectivity index (χ4n) is 1.78. The number of furan rings is 1. The summed E-state index contributed by atoms with van der Waals surface area (Å²) < 4.78 is 5.67. The predicted molar refractivity (Wildman–Crippen MR) is 68.9 cm³/mol. The van der Waals surface area contributed by atoms with Crippen LogP contribution in [0.25, 0.3) is 11.3 Å². The zero-order chi connectivity index (χ0) is 12.4. The van der Waals surface area contributed by atoms with E-state index in [1.54, 1.807) is 0 Å². The molecule has 2 heteroatoms. The molecular formula is C15H18O2. The van der Waals surface area contributed by atoms with Gasteiger partial charge in [0.05, 0.1) is 0 Å². The molecule has 2 rings (SSSR count). The van der Waals surface area contributed by atoms with Crippen molar-refractivity contribution in [2.45, 2.75) is 33.3 Å². The van der Waals surface area contributed by atoms with Gasteiger partial charge in [-0.05, 0) is 49.6 Å². The first-order valence-electron chi connectivity index (χ1n) is 5.97. The van der Waals surface area contributed by atoms with Gasteiger partial charge in [0, 0.05) is 5.56 Å². The molecule has 0 amide bonds. The van der Waals surface area contributed by atoms with Gasteiger partial charge in [-0.15, -0.1) is 0 Å². The molecule has 0 saturated heterocycles. The summed E-state index contributed by atoms with van der Waals surface area (Å²) in [7, 11) is 0. The van der Waals surface area contributed by atoms with Crippen molar-refractivity contribution in [2.75, 3.05) is 0 Å². The molecule has 0 fully saturated rings. The Kier molecular flexibility index (Phi) is 3.34. The minimum absolute atomic E-state index is 0.504. The lowest BCUT2D eigenvalue weighted by Crippen LogP contribution is -1.91. The molecule has 1 heterocycles. The minimum atomic E-state index is -0.504. The maximum Gasteiger partial charge on any atom is 0.134 e. The first-order valence-corrected chi connectivity index (χ1v) is 5.97. The second kappa shape index (κ2) is 4.76. The minimum Gasteiger partial charge on any atom is -0.458 e. The van der Waals surface area contributed by atoms with Crippen LogP contribution in [0.15, 0.2) is 34.7 Å². The van der Waals surface area contributed by atoms with Crippen LogP contribution in [0.2, 0.25) is 0 Å². The molecular weight excluding hydrogens is 212 g/mol. The van der Waals surface area contributed by atoms with Crippen LogP contribution in [0, 0.1) is 13.8 Å². The van der Waals surface area contributed by atoms with Crippen molar-refractivity contribution < 1.29 is 9.52 Å². The van der Waals surface area contributed by atoms with Gasteiger partial charge < -0.3 is 9.52 Å². The SMILES string of the molecule is CCC(O)c1ccc(-c2ccc(C)c(C)c2)o1. The lowest BCUT2D eigenvalue weighted by atomic mass is 10.1. The Bertz CT molecular complexity index is 511. The molecule has 0 spiro atoms. The normalized spacial score (nSPS) is 12.7. The maximum atomic E-state index is 9.69. The van der Waals surface area contributed by atoms with Crippen molar-refractivity contribution >= 4 is 0 Å². The summed E-state index contributed by atoms with van der Waals surface area (Å²) in [6, 6.07) is 10.00. The summed E-state index contributed by atoms with van der Waals surface area (Å²) >= 11 is 0. The van der Waals surface area contributed by atoms with Crippen LogP contribution in [0.3, 0.4) is 0 Å². The summed E-state index contributed by atoms with van der Waals surface area (Å²) in [5, 5.41) is 9.69. The van der Waals surface area contributed by atoms with E-state index in [0.717, 1.165) is 11.3 Å². The van der Waals surface area contributed by atoms with Gasteiger partial charge in [0.25, 0.3) is 0 Å². The number of rotatable bonds is 3. The van der Waals surface area contributed by atoms with Crippen molar-refractivity contribution in [1.82, 2.24) is 0 Å². The Hall–Kier alpha value is -1.54. The van der Waals surface area contributed by atoms with Gasteiger partial charge in [0.2, 0.25) is 0 Å². The molecule has 0 saturated carbocycles. The molecule has 0 radical (unpaired) electrons. The number of hydrogen-bond acceptors (Lipinski definition) is 2. The molecule has 0 aliphatic rings. The van der Waals surface area contributed by atoms with Crippen LogP contribution < -0.4 is 0 Å². The van der Waals surface area contributed by atoms with E-state index >= 15 is 0 Å². The fraction of sp³-hybridized carbons (Fsp3) is 0.333. The number of aryl methyl sites for hydroxylation is 2. The first-order chi connectivity index (χ1) is 8.11. The van der Waals surface area contributed by atoms with Crippen LogP contribution in [0.1, 0.15) is 36.3 Å². The summed E-state index contributed by atoms with van der Waals surface area (Å²) in [4.78, 5) is 0. The largest absolute Gasteiger partial charge is 0.458 e. The second-order valence-corrected chi connectivity index (χ2v) is 4.43. The van der Waals surface area contributed by atoms with E-state index < -0.39 is 6.10 Å². The number of aliphatic hydroxyl groups excluding tert-OH is 1. The standard InChI is InChI=1S/C15H18O2/c1-4-13(16)15-8-7-14(17-15)12-6-5-10(2)11(3)9-12/h5-9,13,16H,4H2,1-3H3. The summed E-state index contributed by atoms with van der Waals surface area (Å²) in [6.07, 6.45) is 0.162. The lowest BCUT2D eigenvalue weighted by molar-refractivity contribution is 0.147. The molecule has 90 valence electrons. The van der Waals surface area contributed by atoms with E-state index in [4.69, 9.17) is 4.42 Å². The third-order valence-electron chi connectivity index (χ3n) is 3.13. The van der Waals surface area contributed by atoms with E-state index in [-0.39, 0.29) is 0 Å². The van der Waals surface area contributed by atoms with Crippen LogP contribution in [0.5, 0.6) is 0 Å². The van der Waals surface area contributed by atoms with E-state index in [9.17, 15) is 5.11 Å². The quantitative estimate of drug-likeness (QED) is 0.864. The smallest absolute Gasteiger partial charge is 0.134 e. The third-order valence-corrected chi connectivity index (χ3v) is 3.13. The molecule has 1 atom stereocenters. The van der Waals surface area contributed by atoms with Gasteiger partial charge in [-0.25, -0.2) is 0 Å². The van der Waals surface area contributed by atoms with Crippen molar-refractivity contribution in [3.63, 3.8) is 0 Å². The van der Waals surface area contributed by atoms with Crippen molar-refractivity contribution in [3.8, 4) is 11.3 Å². The molecule has 1 N–H and O–H groups in total. The summed E-state index contributed by atoms with van der Waals surface area (Å²) in [6.45, 7) is 6.11. The van der Waals surface area contributed by atoms with E-state index in [0.29, 0.717) is 12.2 Å². The van der Waals surface area contributed by atoms with Gasteiger partial charge >= 0.3 is 0 Å². The zero-order valence-corrected chi connectivity index (χ0v) is 10.5. The van der Waals surface area contributed by atoms with Gasteiger partial charge in [-0.2, -0.15) is 0 Å². The molecule has 0 bridgehead atoms. The highest BCUT2D eigenvalue weighted by Gasteiger charge is 2.11. The van der Waals surface area contributed by atoms with E-state index in [2.05, 4.69) is 26.0 Å². The first kappa shape index (κ1) is 11.9. The highest BCUT2D eigenvalue weighted by atomic mass is 16.4. The molecule has 1 aromatic heterocycles. The Morgan fingerprint density at radius 1 is 1.12 bits per heavy atom. The molecule has 1 aromatic carbocycles.